The molecule has 4 nitrogen and oxygen atoms in total. The molecule has 0 radical (unpaired) electrons. The fourth-order valence-corrected chi connectivity index (χ4v) is 6.59. The first-order valence-electron chi connectivity index (χ1n) is 7.94. The number of sulfonamides is 1. The van der Waals surface area contributed by atoms with E-state index in [2.05, 4.69) is 0 Å². The van der Waals surface area contributed by atoms with Crippen LogP contribution in [-0.2, 0) is 20.2 Å². The van der Waals surface area contributed by atoms with Gasteiger partial charge in [0, 0.05) is 16.8 Å². The molecule has 2 fully saturated rings. The minimum Gasteiger partial charge on any atom is -0.297 e. The molecule has 0 N–H and O–H groups in total. The van der Waals surface area contributed by atoms with Crippen molar-refractivity contribution in [2.24, 2.45) is 5.41 Å². The van der Waals surface area contributed by atoms with E-state index in [4.69, 9.17) is 0 Å². The maximum Gasteiger partial charge on any atom is 0.243 e. The van der Waals surface area contributed by atoms with E-state index >= 15 is 0 Å². The van der Waals surface area contributed by atoms with Crippen LogP contribution in [0, 0.1) is 12.3 Å². The number of rotatable bonds is 3. The van der Waals surface area contributed by atoms with Crippen LogP contribution in [0.4, 0.5) is 0 Å². The number of thiophene rings is 1. The van der Waals surface area contributed by atoms with E-state index in [0.29, 0.717) is 6.54 Å². The Bertz CT molecular complexity index is 902. The molecule has 2 heterocycles. The number of hydrogen-bond donors (Lipinski definition) is 0. The Hall–Kier alpha value is -1.50. The van der Waals surface area contributed by atoms with Crippen molar-refractivity contribution in [3.63, 3.8) is 0 Å². The van der Waals surface area contributed by atoms with Gasteiger partial charge in [-0.15, -0.1) is 11.3 Å². The number of nitrogens with zero attached hydrogens (tertiary/aromatic N) is 1. The van der Waals surface area contributed by atoms with E-state index in [0.717, 1.165) is 16.9 Å². The molecule has 24 heavy (non-hydrogen) atoms. The molecule has 1 aromatic heterocycles. The summed E-state index contributed by atoms with van der Waals surface area (Å²) in [4.78, 5) is 14.2. The summed E-state index contributed by atoms with van der Waals surface area (Å²) < 4.78 is 27.2. The highest BCUT2D eigenvalue weighted by atomic mass is 32.2. The summed E-state index contributed by atoms with van der Waals surface area (Å²) in [6.45, 7) is 4.30. The van der Waals surface area contributed by atoms with E-state index < -0.39 is 15.4 Å². The number of ketones is 1. The summed E-state index contributed by atoms with van der Waals surface area (Å²) in [7, 11) is -3.64. The van der Waals surface area contributed by atoms with Gasteiger partial charge in [-0.05, 0) is 36.9 Å². The van der Waals surface area contributed by atoms with Crippen molar-refractivity contribution >= 4 is 27.1 Å². The van der Waals surface area contributed by atoms with E-state index in [1.807, 2.05) is 31.4 Å². The topological polar surface area (TPSA) is 54.5 Å². The van der Waals surface area contributed by atoms with E-state index in [-0.39, 0.29) is 22.6 Å². The third kappa shape index (κ3) is 2.06. The zero-order valence-corrected chi connectivity index (χ0v) is 15.3. The monoisotopic (exact) mass is 361 g/mol. The first kappa shape index (κ1) is 16.0. The second-order valence-corrected chi connectivity index (χ2v) is 10.0. The first-order chi connectivity index (χ1) is 11.3. The molecule has 126 valence electrons. The van der Waals surface area contributed by atoms with Crippen molar-refractivity contribution in [1.29, 1.82) is 0 Å². The van der Waals surface area contributed by atoms with Gasteiger partial charge in [0.25, 0.3) is 0 Å². The number of Topliss-reactive ketones (excluding diaryl/α,β-unsaturated/α-hetero) is 1. The molecule has 2 atom stereocenters. The Labute approximate surface area is 146 Å². The van der Waals surface area contributed by atoms with Crippen LogP contribution in [0.25, 0.3) is 0 Å². The fraction of sp³-hybridized carbons (Fsp3) is 0.389. The third-order valence-corrected chi connectivity index (χ3v) is 8.32. The SMILES string of the molecule is Cc1ccc(S(=O)(=O)N2CC(=O)[C@@]3(c4cccs4)C[C@@]3(C)C2)cc1. The lowest BCUT2D eigenvalue weighted by molar-refractivity contribution is -0.124. The van der Waals surface area contributed by atoms with Crippen molar-refractivity contribution < 1.29 is 13.2 Å². The van der Waals surface area contributed by atoms with Gasteiger partial charge in [-0.2, -0.15) is 4.31 Å². The molecular formula is C18H19NO3S2. The van der Waals surface area contributed by atoms with Crippen LogP contribution in [0.15, 0.2) is 46.7 Å². The number of carbonyl (C=O) groups is 1. The van der Waals surface area contributed by atoms with Crippen molar-refractivity contribution in [2.45, 2.75) is 30.6 Å². The Balaban J connectivity index is 1.67. The average molecular weight is 361 g/mol. The Morgan fingerprint density at radius 1 is 1.17 bits per heavy atom. The Morgan fingerprint density at radius 2 is 1.88 bits per heavy atom. The number of hydrogen-bond acceptors (Lipinski definition) is 4. The maximum absolute atomic E-state index is 12.9. The number of piperidine rings is 1. The van der Waals surface area contributed by atoms with Gasteiger partial charge >= 0.3 is 0 Å². The van der Waals surface area contributed by atoms with Crippen LogP contribution in [0.5, 0.6) is 0 Å². The zero-order chi connectivity index (χ0) is 17.2. The molecule has 0 bridgehead atoms. The molecule has 0 spiro atoms. The molecule has 2 aromatic rings. The summed E-state index contributed by atoms with van der Waals surface area (Å²) in [5.41, 5.74) is 0.236. The molecule has 0 unspecified atom stereocenters. The van der Waals surface area contributed by atoms with Crippen LogP contribution in [0.3, 0.4) is 0 Å². The normalized spacial score (nSPS) is 30.2. The number of carbonyl (C=O) groups excluding carboxylic acids is 1. The minimum absolute atomic E-state index is 0.0226. The second-order valence-electron chi connectivity index (χ2n) is 7.13. The average Bonchev–Trinajstić information content (AvgIpc) is 2.92. The van der Waals surface area contributed by atoms with Crippen molar-refractivity contribution in [2.75, 3.05) is 13.1 Å². The molecule has 4 rings (SSSR count). The van der Waals surface area contributed by atoms with Gasteiger partial charge in [-0.3, -0.25) is 4.79 Å². The van der Waals surface area contributed by atoms with Crippen LogP contribution >= 0.6 is 11.3 Å². The lowest BCUT2D eigenvalue weighted by Crippen LogP contribution is -2.49. The highest BCUT2D eigenvalue weighted by Crippen LogP contribution is 2.68. The summed E-state index contributed by atoms with van der Waals surface area (Å²) in [6, 6.07) is 10.8. The van der Waals surface area contributed by atoms with Crippen molar-refractivity contribution in [3.8, 4) is 0 Å². The van der Waals surface area contributed by atoms with Gasteiger partial charge in [-0.1, -0.05) is 30.7 Å². The molecule has 1 aliphatic carbocycles. The van der Waals surface area contributed by atoms with Gasteiger partial charge in [0.05, 0.1) is 16.9 Å². The zero-order valence-electron chi connectivity index (χ0n) is 13.7. The van der Waals surface area contributed by atoms with Crippen LogP contribution in [0.2, 0.25) is 0 Å². The molecule has 1 saturated heterocycles. The van der Waals surface area contributed by atoms with Crippen molar-refractivity contribution in [1.82, 2.24) is 4.31 Å². The second kappa shape index (κ2) is 5.00. The minimum atomic E-state index is -3.64. The van der Waals surface area contributed by atoms with Gasteiger partial charge in [-0.25, -0.2) is 8.42 Å². The van der Waals surface area contributed by atoms with Crippen molar-refractivity contribution in [3.05, 3.63) is 52.2 Å². The van der Waals surface area contributed by atoms with Gasteiger partial charge in [0.1, 0.15) is 0 Å². The quantitative estimate of drug-likeness (QED) is 0.844. The number of benzene rings is 1. The standard InChI is InChI=1S/C18H19NO3S2/c1-13-5-7-14(8-6-13)24(21,22)19-10-15(20)18(11-17(18,2)12-19)16-4-3-9-23-16/h3-9H,10-12H2,1-2H3/t17-,18+/m0/s1. The number of aryl methyl sites for hydroxylation is 1. The van der Waals surface area contributed by atoms with Gasteiger partial charge in [0.2, 0.25) is 10.0 Å². The van der Waals surface area contributed by atoms with E-state index in [1.165, 1.54) is 4.31 Å². The van der Waals surface area contributed by atoms with Crippen LogP contribution in [0.1, 0.15) is 23.8 Å². The highest BCUT2D eigenvalue weighted by molar-refractivity contribution is 7.89. The van der Waals surface area contributed by atoms with E-state index in [9.17, 15) is 13.2 Å². The van der Waals surface area contributed by atoms with E-state index in [1.54, 1.807) is 35.6 Å². The first-order valence-corrected chi connectivity index (χ1v) is 10.3. The summed E-state index contributed by atoms with van der Waals surface area (Å²) in [5.74, 6) is 0.0226. The molecule has 6 heteroatoms. The lowest BCUT2D eigenvalue weighted by atomic mass is 9.85. The molecule has 1 saturated carbocycles. The lowest BCUT2D eigenvalue weighted by Gasteiger charge is -2.34. The third-order valence-electron chi connectivity index (χ3n) is 5.48. The smallest absolute Gasteiger partial charge is 0.243 e. The predicted molar refractivity (Wildman–Crippen MR) is 93.7 cm³/mol. The summed E-state index contributed by atoms with van der Waals surface area (Å²) >= 11 is 1.59. The Kier molecular flexibility index (Phi) is 3.33. The highest BCUT2D eigenvalue weighted by Gasteiger charge is 2.73. The Morgan fingerprint density at radius 3 is 2.46 bits per heavy atom. The van der Waals surface area contributed by atoms with Gasteiger partial charge in [0.15, 0.2) is 5.78 Å². The molecule has 2 aliphatic rings. The molecular weight excluding hydrogens is 342 g/mol. The fourth-order valence-electron chi connectivity index (χ4n) is 3.98. The largest absolute Gasteiger partial charge is 0.297 e. The predicted octanol–water partition coefficient (Wildman–Crippen LogP) is 2.98. The van der Waals surface area contributed by atoms with Crippen LogP contribution < -0.4 is 0 Å². The summed E-state index contributed by atoms with van der Waals surface area (Å²) in [6.07, 6.45) is 0.735. The molecule has 0 amide bonds. The van der Waals surface area contributed by atoms with Gasteiger partial charge < -0.3 is 0 Å². The summed E-state index contributed by atoms with van der Waals surface area (Å²) in [5, 5.41) is 1.98. The molecule has 1 aromatic carbocycles. The van der Waals surface area contributed by atoms with Crippen LogP contribution in [-0.4, -0.2) is 31.6 Å². The molecule has 1 aliphatic heterocycles. The maximum atomic E-state index is 12.9. The number of fused-ring (bicyclic) bond motifs is 1.